The van der Waals surface area contributed by atoms with Crippen LogP contribution < -0.4 is 16.4 Å². The van der Waals surface area contributed by atoms with Crippen LogP contribution in [0.4, 0.5) is 5.69 Å². The molecule has 0 radical (unpaired) electrons. The third-order valence-electron chi connectivity index (χ3n) is 2.42. The number of nitrogen functional groups attached to an aromatic ring is 1. The van der Waals surface area contributed by atoms with Gasteiger partial charge in [0, 0.05) is 17.8 Å². The largest absolute Gasteiger partial charge is 0.399 e. The Kier molecular flexibility index (Phi) is 5.53. The first-order chi connectivity index (χ1) is 9.04. The van der Waals surface area contributed by atoms with E-state index < -0.39 is 17.7 Å². The molecular formula is C13H17N3O3. The van der Waals surface area contributed by atoms with Crippen LogP contribution in [-0.4, -0.2) is 24.3 Å². The van der Waals surface area contributed by atoms with E-state index in [1.54, 1.807) is 12.1 Å². The number of benzene rings is 1. The van der Waals surface area contributed by atoms with Crippen LogP contribution in [0.2, 0.25) is 0 Å². The number of carbonyl (C=O) groups is 3. The van der Waals surface area contributed by atoms with E-state index in [2.05, 4.69) is 5.32 Å². The van der Waals surface area contributed by atoms with Crippen molar-refractivity contribution in [3.8, 4) is 0 Å². The third-order valence-corrected chi connectivity index (χ3v) is 2.42. The van der Waals surface area contributed by atoms with Gasteiger partial charge in [-0.3, -0.25) is 19.7 Å². The molecule has 1 rings (SSSR count). The topological polar surface area (TPSA) is 101 Å². The molecule has 6 heteroatoms. The number of imide groups is 1. The van der Waals surface area contributed by atoms with Crippen molar-refractivity contribution in [1.29, 1.82) is 0 Å². The second-order valence-corrected chi connectivity index (χ2v) is 4.01. The first kappa shape index (κ1) is 14.7. The number of rotatable bonds is 4. The zero-order valence-corrected chi connectivity index (χ0v) is 10.7. The summed E-state index contributed by atoms with van der Waals surface area (Å²) >= 11 is 0. The summed E-state index contributed by atoms with van der Waals surface area (Å²) in [4.78, 5) is 34.4. The number of hydrogen-bond donors (Lipinski definition) is 3. The van der Waals surface area contributed by atoms with E-state index in [4.69, 9.17) is 5.73 Å². The van der Waals surface area contributed by atoms with Crippen LogP contribution in [0.25, 0.3) is 0 Å². The molecule has 0 heterocycles. The van der Waals surface area contributed by atoms with Crippen LogP contribution in [0.1, 0.15) is 30.1 Å². The fourth-order valence-electron chi connectivity index (χ4n) is 1.33. The molecule has 6 nitrogen and oxygen atoms in total. The minimum absolute atomic E-state index is 0.268. The predicted molar refractivity (Wildman–Crippen MR) is 71.2 cm³/mol. The van der Waals surface area contributed by atoms with E-state index in [1.165, 1.54) is 12.1 Å². The average molecular weight is 263 g/mol. The van der Waals surface area contributed by atoms with E-state index in [1.807, 2.05) is 12.2 Å². The van der Waals surface area contributed by atoms with Gasteiger partial charge >= 0.3 is 11.8 Å². The van der Waals surface area contributed by atoms with Gasteiger partial charge in [-0.2, -0.15) is 0 Å². The van der Waals surface area contributed by atoms with Crippen molar-refractivity contribution in [2.75, 3.05) is 12.3 Å². The first-order valence-electron chi connectivity index (χ1n) is 6.03. The van der Waals surface area contributed by atoms with Crippen molar-refractivity contribution in [1.82, 2.24) is 10.6 Å². The number of amides is 3. The Morgan fingerprint density at radius 2 is 1.74 bits per heavy atom. The Hall–Kier alpha value is -2.37. The zero-order chi connectivity index (χ0) is 14.3. The van der Waals surface area contributed by atoms with Crippen molar-refractivity contribution in [3.05, 3.63) is 29.8 Å². The molecule has 3 amide bonds. The lowest BCUT2D eigenvalue weighted by Crippen LogP contribution is -2.42. The van der Waals surface area contributed by atoms with Crippen molar-refractivity contribution in [2.24, 2.45) is 0 Å². The molecule has 1 aromatic rings. The van der Waals surface area contributed by atoms with Crippen LogP contribution >= 0.6 is 0 Å². The van der Waals surface area contributed by atoms with E-state index in [9.17, 15) is 14.4 Å². The normalized spacial score (nSPS) is 9.74. The summed E-state index contributed by atoms with van der Waals surface area (Å²) in [5.74, 6) is -2.40. The Morgan fingerprint density at radius 1 is 1.11 bits per heavy atom. The van der Waals surface area contributed by atoms with Crippen LogP contribution in [0, 0.1) is 0 Å². The van der Waals surface area contributed by atoms with Crippen molar-refractivity contribution in [3.63, 3.8) is 0 Å². The summed E-state index contributed by atoms with van der Waals surface area (Å²) in [6, 6.07) is 6.04. The van der Waals surface area contributed by atoms with Gasteiger partial charge in [0.05, 0.1) is 0 Å². The van der Waals surface area contributed by atoms with E-state index in [-0.39, 0.29) is 5.56 Å². The summed E-state index contributed by atoms with van der Waals surface area (Å²) in [6.07, 6.45) is 1.69. The highest BCUT2D eigenvalue weighted by molar-refractivity contribution is 6.38. The molecule has 0 aliphatic rings. The maximum Gasteiger partial charge on any atom is 0.316 e. The molecule has 0 fully saturated rings. The molecule has 0 saturated heterocycles. The molecule has 19 heavy (non-hydrogen) atoms. The lowest BCUT2D eigenvalue weighted by molar-refractivity contribution is -0.138. The fourth-order valence-corrected chi connectivity index (χ4v) is 1.33. The zero-order valence-electron chi connectivity index (χ0n) is 10.7. The highest BCUT2D eigenvalue weighted by Gasteiger charge is 2.16. The Labute approximate surface area is 111 Å². The van der Waals surface area contributed by atoms with Gasteiger partial charge in [-0.15, -0.1) is 0 Å². The summed E-state index contributed by atoms with van der Waals surface area (Å²) in [6.45, 7) is 2.38. The maximum atomic E-state index is 11.6. The van der Waals surface area contributed by atoms with Gasteiger partial charge in [0.25, 0.3) is 5.91 Å². The van der Waals surface area contributed by atoms with Gasteiger partial charge in [0.15, 0.2) is 0 Å². The SMILES string of the molecule is CCCCNC(=O)C(=O)NC(=O)c1ccc(N)cc1. The first-order valence-corrected chi connectivity index (χ1v) is 6.03. The average Bonchev–Trinajstić information content (AvgIpc) is 2.39. The van der Waals surface area contributed by atoms with Gasteiger partial charge in [-0.25, -0.2) is 0 Å². The second-order valence-electron chi connectivity index (χ2n) is 4.01. The summed E-state index contributed by atoms with van der Waals surface area (Å²) in [5, 5.41) is 4.44. The van der Waals surface area contributed by atoms with Gasteiger partial charge in [0.2, 0.25) is 0 Å². The lowest BCUT2D eigenvalue weighted by Gasteiger charge is -2.05. The Morgan fingerprint density at radius 3 is 2.32 bits per heavy atom. The van der Waals surface area contributed by atoms with Crippen molar-refractivity contribution >= 4 is 23.4 Å². The van der Waals surface area contributed by atoms with Crippen LogP contribution in [0.5, 0.6) is 0 Å². The molecule has 0 atom stereocenters. The van der Waals surface area contributed by atoms with E-state index in [0.29, 0.717) is 12.2 Å². The number of nitrogens with two attached hydrogens (primary N) is 1. The van der Waals surface area contributed by atoms with Gasteiger partial charge in [-0.1, -0.05) is 13.3 Å². The molecule has 0 aromatic heterocycles. The van der Waals surface area contributed by atoms with Crippen molar-refractivity contribution < 1.29 is 14.4 Å². The minimum atomic E-state index is -0.960. The van der Waals surface area contributed by atoms with Gasteiger partial charge in [0.1, 0.15) is 0 Å². The molecule has 4 N–H and O–H groups in total. The molecule has 0 saturated carbocycles. The maximum absolute atomic E-state index is 11.6. The van der Waals surface area contributed by atoms with Crippen LogP contribution in [-0.2, 0) is 9.59 Å². The van der Waals surface area contributed by atoms with Gasteiger partial charge < -0.3 is 11.1 Å². The number of hydrogen-bond acceptors (Lipinski definition) is 4. The molecule has 0 bridgehead atoms. The molecular weight excluding hydrogens is 246 g/mol. The van der Waals surface area contributed by atoms with Crippen molar-refractivity contribution in [2.45, 2.75) is 19.8 Å². The number of nitrogens with one attached hydrogen (secondary N) is 2. The summed E-state index contributed by atoms with van der Waals surface area (Å²) in [5.41, 5.74) is 6.26. The number of carbonyl (C=O) groups excluding carboxylic acids is 3. The predicted octanol–water partition coefficient (Wildman–Crippen LogP) is 0.442. The molecule has 102 valence electrons. The van der Waals surface area contributed by atoms with E-state index in [0.717, 1.165) is 12.8 Å². The Balaban J connectivity index is 2.49. The number of anilines is 1. The molecule has 0 aliphatic heterocycles. The van der Waals surface area contributed by atoms with Crippen LogP contribution in [0.15, 0.2) is 24.3 Å². The lowest BCUT2D eigenvalue weighted by atomic mass is 10.2. The highest BCUT2D eigenvalue weighted by Crippen LogP contribution is 2.04. The van der Waals surface area contributed by atoms with E-state index >= 15 is 0 Å². The molecule has 0 unspecified atom stereocenters. The second kappa shape index (κ2) is 7.15. The fraction of sp³-hybridized carbons (Fsp3) is 0.308. The van der Waals surface area contributed by atoms with Gasteiger partial charge in [-0.05, 0) is 30.7 Å². The summed E-state index contributed by atoms with van der Waals surface area (Å²) in [7, 11) is 0. The van der Waals surface area contributed by atoms with Crippen LogP contribution in [0.3, 0.4) is 0 Å². The smallest absolute Gasteiger partial charge is 0.316 e. The minimum Gasteiger partial charge on any atom is -0.399 e. The summed E-state index contributed by atoms with van der Waals surface area (Å²) < 4.78 is 0. The molecule has 0 spiro atoms. The quantitative estimate of drug-likeness (QED) is 0.417. The third kappa shape index (κ3) is 4.79. The number of unbranched alkanes of at least 4 members (excludes halogenated alkanes) is 1. The Bertz CT molecular complexity index is 469. The molecule has 0 aliphatic carbocycles. The molecule has 1 aromatic carbocycles. The standard InChI is InChI=1S/C13H17N3O3/c1-2-3-8-15-12(18)13(19)16-11(17)9-4-6-10(14)7-5-9/h4-7H,2-3,8,14H2,1H3,(H,15,18)(H,16,17,19). The monoisotopic (exact) mass is 263 g/mol. The highest BCUT2D eigenvalue weighted by atomic mass is 16.2.